The number of amides is 1. The first-order valence-electron chi connectivity index (χ1n) is 7.23. The molecule has 0 aliphatic carbocycles. The molecule has 1 aliphatic heterocycles. The highest BCUT2D eigenvalue weighted by atomic mass is 32.1. The predicted molar refractivity (Wildman–Crippen MR) is 89.3 cm³/mol. The quantitative estimate of drug-likeness (QED) is 0.792. The summed E-state index contributed by atoms with van der Waals surface area (Å²) in [6.07, 6.45) is 1.04. The van der Waals surface area contributed by atoms with Crippen LogP contribution in [0.1, 0.15) is 21.5 Å². The summed E-state index contributed by atoms with van der Waals surface area (Å²) in [6.45, 7) is 1.86. The zero-order valence-corrected chi connectivity index (χ0v) is 12.8. The zero-order chi connectivity index (χ0) is 15.1. The average molecular weight is 309 g/mol. The van der Waals surface area contributed by atoms with Crippen LogP contribution in [-0.2, 0) is 13.0 Å². The lowest BCUT2D eigenvalue weighted by Gasteiger charge is -2.28. The van der Waals surface area contributed by atoms with E-state index in [0.717, 1.165) is 34.9 Å². The zero-order valence-electron chi connectivity index (χ0n) is 12.0. The summed E-state index contributed by atoms with van der Waals surface area (Å²) in [5.74, 6) is -0.399. The number of rotatable bonds is 2. The fraction of sp³-hybridized carbons (Fsp3) is 0.176. The van der Waals surface area contributed by atoms with Crippen LogP contribution in [0.3, 0.4) is 0 Å². The van der Waals surface area contributed by atoms with Gasteiger partial charge in [0.05, 0.1) is 10.2 Å². The molecule has 1 aliphatic rings. The number of hydrogen-bond donors (Lipinski definition) is 1. The molecule has 0 radical (unpaired) electrons. The van der Waals surface area contributed by atoms with Gasteiger partial charge in [-0.1, -0.05) is 35.6 Å². The van der Waals surface area contributed by atoms with Crippen LogP contribution in [0.4, 0.5) is 5.13 Å². The summed E-state index contributed by atoms with van der Waals surface area (Å²) in [6, 6.07) is 14.0. The van der Waals surface area contributed by atoms with Crippen LogP contribution in [0, 0.1) is 0 Å². The molecule has 0 fully saturated rings. The van der Waals surface area contributed by atoms with Crippen LogP contribution >= 0.6 is 11.3 Å². The van der Waals surface area contributed by atoms with Crippen LogP contribution in [0.5, 0.6) is 0 Å². The van der Waals surface area contributed by atoms with E-state index in [1.807, 2.05) is 12.1 Å². The fourth-order valence-corrected chi connectivity index (χ4v) is 3.89. The number of aromatic nitrogens is 1. The fourth-order valence-electron chi connectivity index (χ4n) is 2.86. The Hall–Kier alpha value is -2.40. The van der Waals surface area contributed by atoms with E-state index >= 15 is 0 Å². The van der Waals surface area contributed by atoms with Crippen molar-refractivity contribution < 1.29 is 4.79 Å². The van der Waals surface area contributed by atoms with Crippen LogP contribution in [0.25, 0.3) is 10.2 Å². The number of carbonyl (C=O) groups excluding carboxylic acids is 1. The molecule has 0 unspecified atom stereocenters. The Morgan fingerprint density at radius 2 is 2.00 bits per heavy atom. The Morgan fingerprint density at radius 1 is 1.18 bits per heavy atom. The Bertz CT molecular complexity index is 871. The Morgan fingerprint density at radius 3 is 2.82 bits per heavy atom. The van der Waals surface area contributed by atoms with Crippen molar-refractivity contribution in [1.82, 2.24) is 4.98 Å². The number of primary amides is 1. The minimum atomic E-state index is -0.399. The molecule has 2 N–H and O–H groups in total. The lowest BCUT2D eigenvalue weighted by Crippen LogP contribution is -2.30. The second kappa shape index (κ2) is 5.10. The molecule has 0 spiro atoms. The van der Waals surface area contributed by atoms with Crippen molar-refractivity contribution in [3.05, 3.63) is 59.2 Å². The van der Waals surface area contributed by atoms with Gasteiger partial charge < -0.3 is 10.6 Å². The number of benzene rings is 2. The molecular weight excluding hydrogens is 294 g/mol. The second-order valence-electron chi connectivity index (χ2n) is 5.48. The molecule has 110 valence electrons. The van der Waals surface area contributed by atoms with E-state index in [9.17, 15) is 4.79 Å². The molecule has 22 heavy (non-hydrogen) atoms. The Labute approximate surface area is 132 Å². The molecule has 1 aromatic heterocycles. The van der Waals surface area contributed by atoms with Gasteiger partial charge >= 0.3 is 0 Å². The highest BCUT2D eigenvalue weighted by Gasteiger charge is 2.19. The third kappa shape index (κ3) is 2.23. The summed E-state index contributed by atoms with van der Waals surface area (Å²) in [7, 11) is 0. The first-order valence-corrected chi connectivity index (χ1v) is 8.04. The van der Waals surface area contributed by atoms with E-state index in [1.165, 1.54) is 11.1 Å². The van der Waals surface area contributed by atoms with Crippen molar-refractivity contribution in [2.45, 2.75) is 13.0 Å². The molecule has 0 saturated carbocycles. The third-order valence-electron chi connectivity index (χ3n) is 4.06. The van der Waals surface area contributed by atoms with Gasteiger partial charge in [-0.3, -0.25) is 4.79 Å². The molecule has 4 nitrogen and oxygen atoms in total. The summed E-state index contributed by atoms with van der Waals surface area (Å²) in [5, 5.41) is 1.01. The lowest BCUT2D eigenvalue weighted by molar-refractivity contribution is 0.100. The highest BCUT2D eigenvalue weighted by Crippen LogP contribution is 2.32. The number of fused-ring (bicyclic) bond motifs is 2. The van der Waals surface area contributed by atoms with Gasteiger partial charge in [-0.05, 0) is 35.7 Å². The minimum Gasteiger partial charge on any atom is -0.366 e. The van der Waals surface area contributed by atoms with Crippen molar-refractivity contribution in [1.29, 1.82) is 0 Å². The lowest BCUT2D eigenvalue weighted by atomic mass is 10.0. The molecule has 0 saturated heterocycles. The van der Waals surface area contributed by atoms with Crippen molar-refractivity contribution in [3.8, 4) is 0 Å². The number of thiazole rings is 1. The van der Waals surface area contributed by atoms with Crippen molar-refractivity contribution >= 4 is 32.6 Å². The molecule has 0 bridgehead atoms. The normalized spacial score (nSPS) is 14.1. The van der Waals surface area contributed by atoms with Gasteiger partial charge in [-0.25, -0.2) is 4.98 Å². The van der Waals surface area contributed by atoms with E-state index in [0.29, 0.717) is 5.56 Å². The summed E-state index contributed by atoms with van der Waals surface area (Å²) >= 11 is 1.62. The predicted octanol–water partition coefficient (Wildman–Crippen LogP) is 2.96. The molecule has 1 amide bonds. The van der Waals surface area contributed by atoms with Crippen molar-refractivity contribution in [3.63, 3.8) is 0 Å². The maximum Gasteiger partial charge on any atom is 0.248 e. The third-order valence-corrected chi connectivity index (χ3v) is 5.14. The topological polar surface area (TPSA) is 59.2 Å². The number of hydrogen-bond acceptors (Lipinski definition) is 4. The maximum absolute atomic E-state index is 11.3. The standard InChI is InChI=1S/C17H15N3OS/c18-16(21)12-5-6-14-15(9-12)22-17(19-14)20-8-7-11-3-1-2-4-13(11)10-20/h1-6,9H,7-8,10H2,(H2,18,21). The van der Waals surface area contributed by atoms with Gasteiger partial charge in [0.2, 0.25) is 5.91 Å². The molecule has 2 heterocycles. The molecule has 4 rings (SSSR count). The van der Waals surface area contributed by atoms with Gasteiger partial charge in [-0.15, -0.1) is 0 Å². The van der Waals surface area contributed by atoms with E-state index in [1.54, 1.807) is 17.4 Å². The van der Waals surface area contributed by atoms with Gasteiger partial charge in [0.1, 0.15) is 0 Å². The van der Waals surface area contributed by atoms with E-state index in [4.69, 9.17) is 10.7 Å². The van der Waals surface area contributed by atoms with E-state index in [2.05, 4.69) is 29.2 Å². The molecule has 2 aromatic carbocycles. The number of nitrogens with two attached hydrogens (primary N) is 1. The summed E-state index contributed by atoms with van der Waals surface area (Å²) in [5.41, 5.74) is 9.59. The second-order valence-corrected chi connectivity index (χ2v) is 6.49. The number of carbonyl (C=O) groups is 1. The first-order chi connectivity index (χ1) is 10.7. The van der Waals surface area contributed by atoms with Crippen LogP contribution in [0.2, 0.25) is 0 Å². The number of anilines is 1. The highest BCUT2D eigenvalue weighted by molar-refractivity contribution is 7.22. The van der Waals surface area contributed by atoms with Gasteiger partial charge in [0.15, 0.2) is 5.13 Å². The van der Waals surface area contributed by atoms with Crippen LogP contribution in [-0.4, -0.2) is 17.4 Å². The minimum absolute atomic E-state index is 0.399. The van der Waals surface area contributed by atoms with Gasteiger partial charge in [0.25, 0.3) is 0 Å². The molecule has 5 heteroatoms. The first kappa shape index (κ1) is 13.3. The largest absolute Gasteiger partial charge is 0.366 e. The van der Waals surface area contributed by atoms with Crippen molar-refractivity contribution in [2.75, 3.05) is 11.4 Å². The summed E-state index contributed by atoms with van der Waals surface area (Å²) in [4.78, 5) is 18.3. The van der Waals surface area contributed by atoms with Gasteiger partial charge in [-0.2, -0.15) is 0 Å². The van der Waals surface area contributed by atoms with E-state index in [-0.39, 0.29) is 0 Å². The number of nitrogens with zero attached hydrogens (tertiary/aromatic N) is 2. The molecule has 0 atom stereocenters. The summed E-state index contributed by atoms with van der Waals surface area (Å²) < 4.78 is 1.00. The Kier molecular flexibility index (Phi) is 3.08. The smallest absolute Gasteiger partial charge is 0.248 e. The van der Waals surface area contributed by atoms with Crippen molar-refractivity contribution in [2.24, 2.45) is 5.73 Å². The van der Waals surface area contributed by atoms with Crippen LogP contribution in [0.15, 0.2) is 42.5 Å². The van der Waals surface area contributed by atoms with E-state index < -0.39 is 5.91 Å². The molecule has 3 aromatic rings. The molecular formula is C17H15N3OS. The SMILES string of the molecule is NC(=O)c1ccc2nc(N3CCc4ccccc4C3)sc2c1. The van der Waals surface area contributed by atoms with Gasteiger partial charge in [0, 0.05) is 18.7 Å². The monoisotopic (exact) mass is 309 g/mol. The van der Waals surface area contributed by atoms with Crippen LogP contribution < -0.4 is 10.6 Å². The average Bonchev–Trinajstić information content (AvgIpc) is 2.97. The Balaban J connectivity index is 1.69. The maximum atomic E-state index is 11.3.